The van der Waals surface area contributed by atoms with Crippen LogP contribution < -0.4 is 5.32 Å². The lowest BCUT2D eigenvalue weighted by Crippen LogP contribution is -2.31. The molecule has 19 heavy (non-hydrogen) atoms. The molecule has 0 heterocycles. The van der Waals surface area contributed by atoms with Crippen molar-refractivity contribution in [2.45, 2.75) is 59.4 Å². The van der Waals surface area contributed by atoms with Gasteiger partial charge in [-0.2, -0.15) is 0 Å². The quantitative estimate of drug-likeness (QED) is 0.823. The summed E-state index contributed by atoms with van der Waals surface area (Å²) in [6, 6.07) is 7.25. The van der Waals surface area contributed by atoms with E-state index in [9.17, 15) is 0 Å². The summed E-state index contributed by atoms with van der Waals surface area (Å²) < 4.78 is 0. The predicted molar refractivity (Wildman–Crippen MR) is 83.5 cm³/mol. The van der Waals surface area contributed by atoms with Crippen LogP contribution in [0.15, 0.2) is 18.2 Å². The van der Waals surface area contributed by atoms with Crippen molar-refractivity contribution < 1.29 is 0 Å². The molecular formula is C18H29N. The van der Waals surface area contributed by atoms with Crippen molar-refractivity contribution in [3.8, 4) is 0 Å². The maximum absolute atomic E-state index is 3.58. The molecule has 1 heteroatoms. The van der Waals surface area contributed by atoms with E-state index in [0.29, 0.717) is 11.5 Å². The summed E-state index contributed by atoms with van der Waals surface area (Å²) in [5, 5.41) is 3.58. The minimum absolute atomic E-state index is 0.524. The van der Waals surface area contributed by atoms with Gasteiger partial charge in [-0.3, -0.25) is 0 Å². The molecule has 1 saturated carbocycles. The van der Waals surface area contributed by atoms with Crippen LogP contribution in [-0.4, -0.2) is 7.05 Å². The second-order valence-electron chi connectivity index (χ2n) is 7.06. The fourth-order valence-electron chi connectivity index (χ4n) is 3.51. The molecule has 1 aromatic rings. The van der Waals surface area contributed by atoms with Crippen molar-refractivity contribution in [3.63, 3.8) is 0 Å². The highest BCUT2D eigenvalue weighted by Crippen LogP contribution is 2.43. The Bertz CT molecular complexity index is 423. The standard InChI is InChI=1S/C18H29N/c1-13-7-6-8-16(14(13)2)17(19-5)15-9-11-18(3,4)12-10-15/h6-8,15,17,19H,9-12H2,1-5H3. The van der Waals surface area contributed by atoms with Gasteiger partial charge in [0.2, 0.25) is 0 Å². The van der Waals surface area contributed by atoms with Crippen LogP contribution in [0.25, 0.3) is 0 Å². The Labute approximate surface area is 118 Å². The fourth-order valence-corrected chi connectivity index (χ4v) is 3.51. The van der Waals surface area contributed by atoms with Crippen molar-refractivity contribution in [1.29, 1.82) is 0 Å². The lowest BCUT2D eigenvalue weighted by atomic mass is 9.70. The van der Waals surface area contributed by atoms with Gasteiger partial charge in [0.1, 0.15) is 0 Å². The fraction of sp³-hybridized carbons (Fsp3) is 0.667. The van der Waals surface area contributed by atoms with Crippen LogP contribution in [0.5, 0.6) is 0 Å². The van der Waals surface area contributed by atoms with Gasteiger partial charge in [0.05, 0.1) is 0 Å². The van der Waals surface area contributed by atoms with Crippen molar-refractivity contribution in [1.82, 2.24) is 5.32 Å². The maximum Gasteiger partial charge on any atom is 0.0348 e. The molecule has 1 aliphatic rings. The van der Waals surface area contributed by atoms with Crippen LogP contribution in [0.3, 0.4) is 0 Å². The van der Waals surface area contributed by atoms with Crippen LogP contribution in [-0.2, 0) is 0 Å². The first kappa shape index (κ1) is 14.6. The van der Waals surface area contributed by atoms with Crippen LogP contribution in [0, 0.1) is 25.2 Å². The van der Waals surface area contributed by atoms with Gasteiger partial charge in [0.15, 0.2) is 0 Å². The van der Waals surface area contributed by atoms with Crippen molar-refractivity contribution in [3.05, 3.63) is 34.9 Å². The molecule has 1 N–H and O–H groups in total. The summed E-state index contributed by atoms with van der Waals surface area (Å²) >= 11 is 0. The number of aryl methyl sites for hydroxylation is 1. The molecular weight excluding hydrogens is 230 g/mol. The smallest absolute Gasteiger partial charge is 0.0348 e. The van der Waals surface area contributed by atoms with Gasteiger partial charge in [-0.15, -0.1) is 0 Å². The van der Waals surface area contributed by atoms with Crippen LogP contribution in [0.2, 0.25) is 0 Å². The lowest BCUT2D eigenvalue weighted by molar-refractivity contribution is 0.164. The van der Waals surface area contributed by atoms with Gasteiger partial charge in [-0.1, -0.05) is 32.0 Å². The zero-order chi connectivity index (χ0) is 14.0. The molecule has 0 saturated heterocycles. The van der Waals surface area contributed by atoms with E-state index in [4.69, 9.17) is 0 Å². The normalized spacial score (nSPS) is 21.3. The first-order chi connectivity index (χ1) is 8.94. The summed E-state index contributed by atoms with van der Waals surface area (Å²) in [6.07, 6.45) is 5.43. The van der Waals surface area contributed by atoms with E-state index < -0.39 is 0 Å². The Kier molecular flexibility index (Phi) is 4.35. The van der Waals surface area contributed by atoms with Crippen molar-refractivity contribution in [2.75, 3.05) is 7.05 Å². The number of rotatable bonds is 3. The van der Waals surface area contributed by atoms with Gasteiger partial charge in [0.25, 0.3) is 0 Å². The molecule has 1 aliphatic carbocycles. The highest BCUT2D eigenvalue weighted by atomic mass is 14.9. The number of benzene rings is 1. The largest absolute Gasteiger partial charge is 0.313 e. The molecule has 0 radical (unpaired) electrons. The monoisotopic (exact) mass is 259 g/mol. The topological polar surface area (TPSA) is 12.0 Å². The molecule has 1 fully saturated rings. The summed E-state index contributed by atoms with van der Waals surface area (Å²) in [6.45, 7) is 9.31. The Hall–Kier alpha value is -0.820. The lowest BCUT2D eigenvalue weighted by Gasteiger charge is -2.38. The molecule has 0 aliphatic heterocycles. The molecule has 0 bridgehead atoms. The maximum atomic E-state index is 3.58. The average Bonchev–Trinajstić information content (AvgIpc) is 2.37. The first-order valence-corrected chi connectivity index (χ1v) is 7.68. The average molecular weight is 259 g/mol. The summed E-state index contributed by atoms with van der Waals surface area (Å²) in [5.41, 5.74) is 4.93. The molecule has 0 aromatic heterocycles. The molecule has 1 aromatic carbocycles. The van der Waals surface area contributed by atoms with E-state index in [1.165, 1.54) is 42.4 Å². The molecule has 1 unspecified atom stereocenters. The third kappa shape index (κ3) is 3.20. The van der Waals surface area contributed by atoms with E-state index in [0.717, 1.165) is 5.92 Å². The van der Waals surface area contributed by atoms with Crippen LogP contribution in [0.1, 0.15) is 62.3 Å². The van der Waals surface area contributed by atoms with E-state index in [-0.39, 0.29) is 0 Å². The Balaban J connectivity index is 2.19. The molecule has 0 spiro atoms. The predicted octanol–water partition coefficient (Wildman–Crippen LogP) is 4.78. The highest BCUT2D eigenvalue weighted by Gasteiger charge is 2.31. The molecule has 1 nitrogen and oxygen atoms in total. The SMILES string of the molecule is CNC(c1cccc(C)c1C)C1CCC(C)(C)CC1. The van der Waals surface area contributed by atoms with Crippen molar-refractivity contribution >= 4 is 0 Å². The molecule has 106 valence electrons. The Morgan fingerprint density at radius 1 is 1.16 bits per heavy atom. The number of nitrogens with one attached hydrogen (secondary N) is 1. The minimum Gasteiger partial charge on any atom is -0.313 e. The Morgan fingerprint density at radius 2 is 1.79 bits per heavy atom. The first-order valence-electron chi connectivity index (χ1n) is 7.68. The van der Waals surface area contributed by atoms with Crippen molar-refractivity contribution in [2.24, 2.45) is 11.3 Å². The third-order valence-electron chi connectivity index (χ3n) is 5.15. The highest BCUT2D eigenvalue weighted by molar-refractivity contribution is 5.35. The minimum atomic E-state index is 0.524. The van der Waals surface area contributed by atoms with Gasteiger partial charge in [0, 0.05) is 6.04 Å². The third-order valence-corrected chi connectivity index (χ3v) is 5.15. The molecule has 2 rings (SSSR count). The molecule has 1 atom stereocenters. The van der Waals surface area contributed by atoms with E-state index in [2.05, 4.69) is 58.3 Å². The second-order valence-corrected chi connectivity index (χ2v) is 7.06. The van der Waals surface area contributed by atoms with E-state index >= 15 is 0 Å². The van der Waals surface area contributed by atoms with Crippen LogP contribution >= 0.6 is 0 Å². The van der Waals surface area contributed by atoms with E-state index in [1.54, 1.807) is 0 Å². The summed E-state index contributed by atoms with van der Waals surface area (Å²) in [4.78, 5) is 0. The number of hydrogen-bond donors (Lipinski definition) is 1. The second kappa shape index (κ2) is 5.66. The van der Waals surface area contributed by atoms with Gasteiger partial charge in [-0.25, -0.2) is 0 Å². The summed E-state index contributed by atoms with van der Waals surface area (Å²) in [5.74, 6) is 0.790. The van der Waals surface area contributed by atoms with Crippen LogP contribution in [0.4, 0.5) is 0 Å². The zero-order valence-electron chi connectivity index (χ0n) is 13.2. The zero-order valence-corrected chi connectivity index (χ0v) is 13.2. The summed E-state index contributed by atoms with van der Waals surface area (Å²) in [7, 11) is 2.12. The van der Waals surface area contributed by atoms with Gasteiger partial charge >= 0.3 is 0 Å². The van der Waals surface area contributed by atoms with E-state index in [1.807, 2.05) is 0 Å². The van der Waals surface area contributed by atoms with Gasteiger partial charge < -0.3 is 5.32 Å². The number of hydrogen-bond acceptors (Lipinski definition) is 1. The molecule has 0 amide bonds. The van der Waals surface area contributed by atoms with Gasteiger partial charge in [-0.05, 0) is 74.6 Å². The Morgan fingerprint density at radius 3 is 2.37 bits per heavy atom.